The molecular formula is C18H22BrN3O3S2. The highest BCUT2D eigenvalue weighted by atomic mass is 79.9. The summed E-state index contributed by atoms with van der Waals surface area (Å²) in [6.07, 6.45) is 3.07. The van der Waals surface area contributed by atoms with E-state index in [1.54, 1.807) is 18.3 Å². The molecule has 1 fully saturated rings. The van der Waals surface area contributed by atoms with Crippen molar-refractivity contribution in [3.63, 3.8) is 0 Å². The molecule has 0 aromatic carbocycles. The Hall–Kier alpha value is -1.29. The number of aromatic nitrogens is 1. The molecule has 1 amide bonds. The van der Waals surface area contributed by atoms with Gasteiger partial charge < -0.3 is 5.32 Å². The molecule has 6 nitrogen and oxygen atoms in total. The number of nitrogens with zero attached hydrogens (tertiary/aromatic N) is 2. The molecule has 1 N–H and O–H groups in total. The van der Waals surface area contributed by atoms with Gasteiger partial charge in [0.1, 0.15) is 4.21 Å². The van der Waals surface area contributed by atoms with Gasteiger partial charge >= 0.3 is 0 Å². The van der Waals surface area contributed by atoms with E-state index in [2.05, 4.69) is 26.2 Å². The van der Waals surface area contributed by atoms with Crippen LogP contribution in [0.25, 0.3) is 0 Å². The van der Waals surface area contributed by atoms with Crippen LogP contribution in [0.5, 0.6) is 0 Å². The van der Waals surface area contributed by atoms with E-state index in [1.807, 2.05) is 25.1 Å². The molecule has 9 heteroatoms. The first-order chi connectivity index (χ1) is 12.9. The molecule has 3 heterocycles. The Kier molecular flexibility index (Phi) is 6.67. The highest BCUT2D eigenvalue weighted by Crippen LogP contribution is 2.32. The Morgan fingerprint density at radius 2 is 2.07 bits per heavy atom. The minimum Gasteiger partial charge on any atom is -0.350 e. The van der Waals surface area contributed by atoms with E-state index in [9.17, 15) is 13.2 Å². The Bertz CT molecular complexity index is 878. The molecule has 2 aromatic rings. The molecule has 0 spiro atoms. The van der Waals surface area contributed by atoms with Crippen molar-refractivity contribution in [2.24, 2.45) is 11.8 Å². The largest absolute Gasteiger partial charge is 0.350 e. The molecule has 0 radical (unpaired) electrons. The van der Waals surface area contributed by atoms with Crippen LogP contribution in [0.3, 0.4) is 0 Å². The van der Waals surface area contributed by atoms with Crippen LogP contribution in [-0.2, 0) is 21.4 Å². The fourth-order valence-electron chi connectivity index (χ4n) is 3.24. The smallest absolute Gasteiger partial charge is 0.252 e. The number of hydrogen-bond acceptors (Lipinski definition) is 5. The Balaban J connectivity index is 1.53. The average Bonchev–Trinajstić information content (AvgIpc) is 3.13. The first kappa shape index (κ1) is 20.4. The minimum absolute atomic E-state index is 0.0100. The Morgan fingerprint density at radius 3 is 2.67 bits per heavy atom. The molecular weight excluding hydrogens is 450 g/mol. The molecule has 0 bridgehead atoms. The fourth-order valence-corrected chi connectivity index (χ4v) is 6.87. The summed E-state index contributed by atoms with van der Waals surface area (Å²) in [6.45, 7) is 3.21. The molecule has 1 saturated heterocycles. The zero-order chi connectivity index (χ0) is 19.4. The van der Waals surface area contributed by atoms with Gasteiger partial charge in [-0.05, 0) is 59.0 Å². The van der Waals surface area contributed by atoms with Gasteiger partial charge in [-0.25, -0.2) is 8.42 Å². The number of nitrogens with one attached hydrogen (secondary N) is 1. The van der Waals surface area contributed by atoms with Crippen molar-refractivity contribution in [1.29, 1.82) is 0 Å². The van der Waals surface area contributed by atoms with Crippen molar-refractivity contribution >= 4 is 43.2 Å². The second-order valence-electron chi connectivity index (χ2n) is 6.63. The van der Waals surface area contributed by atoms with Gasteiger partial charge in [-0.2, -0.15) is 4.31 Å². The summed E-state index contributed by atoms with van der Waals surface area (Å²) in [5, 5.41) is 2.93. The van der Waals surface area contributed by atoms with Crippen molar-refractivity contribution in [3.05, 3.63) is 46.0 Å². The number of rotatable bonds is 6. The third-order valence-electron chi connectivity index (χ3n) is 4.93. The van der Waals surface area contributed by atoms with Crippen LogP contribution in [0, 0.1) is 11.8 Å². The second-order valence-corrected chi connectivity index (χ2v) is 11.3. The van der Waals surface area contributed by atoms with E-state index in [-0.39, 0.29) is 17.7 Å². The summed E-state index contributed by atoms with van der Waals surface area (Å²) in [5.41, 5.74) is 0.820. The van der Waals surface area contributed by atoms with Crippen LogP contribution in [-0.4, -0.2) is 36.7 Å². The summed E-state index contributed by atoms with van der Waals surface area (Å²) in [4.78, 5) is 16.6. The van der Waals surface area contributed by atoms with Crippen molar-refractivity contribution in [2.75, 3.05) is 13.1 Å². The van der Waals surface area contributed by atoms with E-state index < -0.39 is 10.0 Å². The first-order valence-corrected chi connectivity index (χ1v) is 11.9. The van der Waals surface area contributed by atoms with Gasteiger partial charge in [0, 0.05) is 25.2 Å². The van der Waals surface area contributed by atoms with E-state index in [4.69, 9.17) is 0 Å². The number of hydrogen-bond donors (Lipinski definition) is 1. The number of amides is 1. The molecule has 27 heavy (non-hydrogen) atoms. The number of carbonyl (C=O) groups is 1. The van der Waals surface area contributed by atoms with Crippen LogP contribution >= 0.6 is 27.3 Å². The summed E-state index contributed by atoms with van der Waals surface area (Å²) < 4.78 is 28.1. The van der Waals surface area contributed by atoms with Crippen molar-refractivity contribution < 1.29 is 13.2 Å². The number of pyridine rings is 1. The zero-order valence-electron chi connectivity index (χ0n) is 15.0. The SMILES string of the molecule is C[C@H](C(=O)NCc1ccccn1)C1CCN(S(=O)(=O)c2ccc(Br)s2)CC1. The lowest BCUT2D eigenvalue weighted by Gasteiger charge is -2.33. The number of piperidine rings is 1. The Labute approximate surface area is 172 Å². The molecule has 1 aliphatic heterocycles. The van der Waals surface area contributed by atoms with E-state index in [1.165, 1.54) is 15.6 Å². The van der Waals surface area contributed by atoms with Gasteiger partial charge in [-0.1, -0.05) is 13.0 Å². The number of sulfonamides is 1. The number of halogens is 1. The van der Waals surface area contributed by atoms with Crippen LogP contribution in [0.1, 0.15) is 25.5 Å². The normalized spacial score (nSPS) is 17.6. The van der Waals surface area contributed by atoms with Gasteiger partial charge in [-0.15, -0.1) is 11.3 Å². The third kappa shape index (κ3) is 4.96. The van der Waals surface area contributed by atoms with Crippen molar-refractivity contribution in [2.45, 2.75) is 30.5 Å². The van der Waals surface area contributed by atoms with Crippen LogP contribution < -0.4 is 5.32 Å². The monoisotopic (exact) mass is 471 g/mol. The van der Waals surface area contributed by atoms with Gasteiger partial charge in [0.2, 0.25) is 5.91 Å². The van der Waals surface area contributed by atoms with Crippen LogP contribution in [0.2, 0.25) is 0 Å². The lowest BCUT2D eigenvalue weighted by atomic mass is 9.85. The van der Waals surface area contributed by atoms with E-state index in [0.717, 1.165) is 9.48 Å². The maximum atomic E-state index is 12.7. The molecule has 0 unspecified atom stereocenters. The van der Waals surface area contributed by atoms with Gasteiger partial charge in [0.15, 0.2) is 0 Å². The number of thiophene rings is 1. The summed E-state index contributed by atoms with van der Waals surface area (Å²) in [7, 11) is -3.44. The molecule has 0 saturated carbocycles. The van der Waals surface area contributed by atoms with Gasteiger partial charge in [-0.3, -0.25) is 9.78 Å². The predicted octanol–water partition coefficient (Wildman–Crippen LogP) is 3.26. The summed E-state index contributed by atoms with van der Waals surface area (Å²) in [6, 6.07) is 8.98. The van der Waals surface area contributed by atoms with Crippen LogP contribution in [0.15, 0.2) is 44.5 Å². The highest BCUT2D eigenvalue weighted by molar-refractivity contribution is 9.11. The van der Waals surface area contributed by atoms with Crippen LogP contribution in [0.4, 0.5) is 0 Å². The predicted molar refractivity (Wildman–Crippen MR) is 109 cm³/mol. The highest BCUT2D eigenvalue weighted by Gasteiger charge is 2.34. The van der Waals surface area contributed by atoms with Crippen molar-refractivity contribution in [3.8, 4) is 0 Å². The maximum Gasteiger partial charge on any atom is 0.252 e. The lowest BCUT2D eigenvalue weighted by Crippen LogP contribution is -2.42. The standard InChI is InChI=1S/C18H22BrN3O3S2/c1-13(18(23)21-12-15-4-2-3-9-20-15)14-7-10-22(11-8-14)27(24,25)17-6-5-16(19)26-17/h2-6,9,13-14H,7-8,10-12H2,1H3,(H,21,23)/t13-/m0/s1. The minimum atomic E-state index is -3.44. The summed E-state index contributed by atoms with van der Waals surface area (Å²) >= 11 is 4.53. The molecule has 146 valence electrons. The molecule has 0 aliphatic carbocycles. The molecule has 1 atom stereocenters. The molecule has 2 aromatic heterocycles. The first-order valence-electron chi connectivity index (χ1n) is 8.81. The topological polar surface area (TPSA) is 79.4 Å². The Morgan fingerprint density at radius 1 is 1.33 bits per heavy atom. The lowest BCUT2D eigenvalue weighted by molar-refractivity contribution is -0.126. The quantitative estimate of drug-likeness (QED) is 0.700. The zero-order valence-corrected chi connectivity index (χ0v) is 18.2. The number of carbonyl (C=O) groups excluding carboxylic acids is 1. The third-order valence-corrected chi connectivity index (χ3v) is 8.92. The van der Waals surface area contributed by atoms with Gasteiger partial charge in [0.05, 0.1) is 16.0 Å². The molecule has 1 aliphatic rings. The van der Waals surface area contributed by atoms with Gasteiger partial charge in [0.25, 0.3) is 10.0 Å². The molecule has 3 rings (SSSR count). The van der Waals surface area contributed by atoms with E-state index in [0.29, 0.717) is 36.7 Å². The maximum absolute atomic E-state index is 12.7. The van der Waals surface area contributed by atoms with Crippen molar-refractivity contribution in [1.82, 2.24) is 14.6 Å². The summed E-state index contributed by atoms with van der Waals surface area (Å²) in [5.74, 6) is 0.00819. The van der Waals surface area contributed by atoms with E-state index >= 15 is 0 Å². The fraction of sp³-hybridized carbons (Fsp3) is 0.444. The average molecular weight is 472 g/mol. The second kappa shape index (κ2) is 8.81.